The highest BCUT2D eigenvalue weighted by Crippen LogP contribution is 1.92. The zero-order valence-corrected chi connectivity index (χ0v) is 10.1. The van der Waals surface area contributed by atoms with Crippen LogP contribution in [0.4, 0.5) is 0 Å². The van der Waals surface area contributed by atoms with Gasteiger partial charge in [-0.1, -0.05) is 0 Å². The molecule has 0 saturated carbocycles. The lowest BCUT2D eigenvalue weighted by molar-refractivity contribution is -0.124. The third-order valence-electron chi connectivity index (χ3n) is 2.04. The quantitative estimate of drug-likeness (QED) is 0.467. The molecular weight excluding hydrogens is 210 g/mol. The van der Waals surface area contributed by atoms with Crippen LogP contribution < -0.4 is 16.4 Å². The first kappa shape index (κ1) is 14.9. The van der Waals surface area contributed by atoms with Crippen molar-refractivity contribution >= 4 is 11.8 Å². The monoisotopic (exact) mass is 231 g/mol. The van der Waals surface area contributed by atoms with E-state index in [-0.39, 0.29) is 30.3 Å². The molecule has 0 aliphatic heterocycles. The third kappa shape index (κ3) is 7.19. The zero-order chi connectivity index (χ0) is 12.6. The van der Waals surface area contributed by atoms with Crippen molar-refractivity contribution in [3.63, 3.8) is 0 Å². The standard InChI is InChI=1S/C10H21N3O3/c1-7(6-9(11)14)13-8(2)10(15)12-4-5-16-3/h7-8,13H,4-6H2,1-3H3,(H2,11,14)(H,12,15). The fourth-order valence-electron chi connectivity index (χ4n) is 1.29. The van der Waals surface area contributed by atoms with Gasteiger partial charge in [0.15, 0.2) is 0 Å². The number of rotatable bonds is 8. The molecule has 0 aromatic carbocycles. The highest BCUT2D eigenvalue weighted by atomic mass is 16.5. The maximum Gasteiger partial charge on any atom is 0.236 e. The maximum atomic E-state index is 11.5. The van der Waals surface area contributed by atoms with Gasteiger partial charge in [0.25, 0.3) is 0 Å². The van der Waals surface area contributed by atoms with Gasteiger partial charge < -0.3 is 21.1 Å². The molecule has 94 valence electrons. The summed E-state index contributed by atoms with van der Waals surface area (Å²) in [5.74, 6) is -0.500. The molecule has 0 fully saturated rings. The van der Waals surface area contributed by atoms with E-state index < -0.39 is 0 Å². The summed E-state index contributed by atoms with van der Waals surface area (Å²) >= 11 is 0. The molecule has 0 rings (SSSR count). The number of hydrogen-bond acceptors (Lipinski definition) is 4. The number of amides is 2. The van der Waals surface area contributed by atoms with Gasteiger partial charge in [-0.05, 0) is 13.8 Å². The van der Waals surface area contributed by atoms with E-state index in [1.54, 1.807) is 14.0 Å². The first-order valence-corrected chi connectivity index (χ1v) is 5.28. The van der Waals surface area contributed by atoms with Gasteiger partial charge >= 0.3 is 0 Å². The number of hydrogen-bond donors (Lipinski definition) is 3. The van der Waals surface area contributed by atoms with Crippen LogP contribution in [-0.2, 0) is 14.3 Å². The van der Waals surface area contributed by atoms with E-state index in [0.29, 0.717) is 13.2 Å². The highest BCUT2D eigenvalue weighted by molar-refractivity contribution is 5.81. The van der Waals surface area contributed by atoms with Gasteiger partial charge in [0.2, 0.25) is 11.8 Å². The van der Waals surface area contributed by atoms with Crippen molar-refractivity contribution < 1.29 is 14.3 Å². The van der Waals surface area contributed by atoms with Crippen molar-refractivity contribution in [1.29, 1.82) is 0 Å². The smallest absolute Gasteiger partial charge is 0.236 e. The Morgan fingerprint density at radius 3 is 2.50 bits per heavy atom. The molecule has 0 aliphatic rings. The van der Waals surface area contributed by atoms with Crippen LogP contribution in [0.15, 0.2) is 0 Å². The van der Waals surface area contributed by atoms with E-state index in [9.17, 15) is 9.59 Å². The topological polar surface area (TPSA) is 93.4 Å². The second-order valence-electron chi connectivity index (χ2n) is 3.74. The predicted molar refractivity (Wildman–Crippen MR) is 60.8 cm³/mol. The summed E-state index contributed by atoms with van der Waals surface area (Å²) in [5.41, 5.74) is 5.05. The van der Waals surface area contributed by atoms with Crippen molar-refractivity contribution in [3.05, 3.63) is 0 Å². The molecule has 0 heterocycles. The fourth-order valence-corrected chi connectivity index (χ4v) is 1.29. The average Bonchev–Trinajstić information content (AvgIpc) is 2.16. The van der Waals surface area contributed by atoms with Gasteiger partial charge in [-0.2, -0.15) is 0 Å². The summed E-state index contributed by atoms with van der Waals surface area (Å²) in [6.07, 6.45) is 0.218. The van der Waals surface area contributed by atoms with Crippen molar-refractivity contribution in [1.82, 2.24) is 10.6 Å². The van der Waals surface area contributed by atoms with Gasteiger partial charge in [0.1, 0.15) is 0 Å². The largest absolute Gasteiger partial charge is 0.383 e. The van der Waals surface area contributed by atoms with Crippen molar-refractivity contribution in [3.8, 4) is 0 Å². The molecule has 0 saturated heterocycles. The molecular formula is C10H21N3O3. The van der Waals surface area contributed by atoms with Gasteiger partial charge in [-0.25, -0.2) is 0 Å². The Morgan fingerprint density at radius 2 is 2.00 bits per heavy atom. The maximum absolute atomic E-state index is 11.5. The Labute approximate surface area is 95.9 Å². The average molecular weight is 231 g/mol. The molecule has 2 unspecified atom stereocenters. The van der Waals surface area contributed by atoms with Crippen molar-refractivity contribution in [2.75, 3.05) is 20.3 Å². The Bertz CT molecular complexity index is 233. The summed E-state index contributed by atoms with van der Waals surface area (Å²) in [5, 5.41) is 5.68. The molecule has 0 radical (unpaired) electrons. The first-order chi connectivity index (χ1) is 7.47. The van der Waals surface area contributed by atoms with Gasteiger partial charge in [-0.15, -0.1) is 0 Å². The summed E-state index contributed by atoms with van der Waals surface area (Å²) in [4.78, 5) is 22.1. The van der Waals surface area contributed by atoms with E-state index in [1.807, 2.05) is 6.92 Å². The molecule has 0 aromatic heterocycles. The lowest BCUT2D eigenvalue weighted by Gasteiger charge is -2.18. The molecule has 16 heavy (non-hydrogen) atoms. The third-order valence-corrected chi connectivity index (χ3v) is 2.04. The van der Waals surface area contributed by atoms with Crippen LogP contribution in [0.3, 0.4) is 0 Å². The zero-order valence-electron chi connectivity index (χ0n) is 10.1. The van der Waals surface area contributed by atoms with Crippen LogP contribution in [0.5, 0.6) is 0 Å². The second-order valence-corrected chi connectivity index (χ2v) is 3.74. The summed E-state index contributed by atoms with van der Waals surface area (Å²) < 4.78 is 4.81. The number of primary amides is 1. The molecule has 0 aliphatic carbocycles. The van der Waals surface area contributed by atoms with Gasteiger partial charge in [0.05, 0.1) is 12.6 Å². The van der Waals surface area contributed by atoms with E-state index in [1.165, 1.54) is 0 Å². The molecule has 2 atom stereocenters. The number of carbonyl (C=O) groups excluding carboxylic acids is 2. The van der Waals surface area contributed by atoms with Gasteiger partial charge in [-0.3, -0.25) is 9.59 Å². The normalized spacial score (nSPS) is 14.2. The van der Waals surface area contributed by atoms with Crippen LogP contribution in [0, 0.1) is 0 Å². The molecule has 6 heteroatoms. The predicted octanol–water partition coefficient (Wildman–Crippen LogP) is -1.01. The van der Waals surface area contributed by atoms with E-state index in [4.69, 9.17) is 10.5 Å². The summed E-state index contributed by atoms with van der Waals surface area (Å²) in [6, 6.07) is -0.466. The molecule has 0 bridgehead atoms. The van der Waals surface area contributed by atoms with E-state index in [2.05, 4.69) is 10.6 Å². The van der Waals surface area contributed by atoms with Crippen molar-refractivity contribution in [2.24, 2.45) is 5.73 Å². The minimum absolute atomic E-state index is 0.110. The van der Waals surface area contributed by atoms with E-state index >= 15 is 0 Å². The lowest BCUT2D eigenvalue weighted by atomic mass is 10.2. The summed E-state index contributed by atoms with van der Waals surface area (Å²) in [6.45, 7) is 4.50. The molecule has 4 N–H and O–H groups in total. The Kier molecular flexibility index (Phi) is 7.49. The molecule has 2 amide bonds. The van der Waals surface area contributed by atoms with Crippen LogP contribution in [0.2, 0.25) is 0 Å². The Morgan fingerprint density at radius 1 is 1.38 bits per heavy atom. The SMILES string of the molecule is COCCNC(=O)C(C)NC(C)CC(N)=O. The number of nitrogens with one attached hydrogen (secondary N) is 2. The van der Waals surface area contributed by atoms with Crippen LogP contribution >= 0.6 is 0 Å². The van der Waals surface area contributed by atoms with Gasteiger partial charge in [0, 0.05) is 26.1 Å². The molecule has 0 spiro atoms. The lowest BCUT2D eigenvalue weighted by Crippen LogP contribution is -2.47. The number of ether oxygens (including phenoxy) is 1. The minimum Gasteiger partial charge on any atom is -0.383 e. The van der Waals surface area contributed by atoms with Crippen LogP contribution in [-0.4, -0.2) is 44.2 Å². The first-order valence-electron chi connectivity index (χ1n) is 5.28. The molecule has 6 nitrogen and oxygen atoms in total. The number of methoxy groups -OCH3 is 1. The molecule has 0 aromatic rings. The minimum atomic E-state index is -0.382. The second kappa shape index (κ2) is 8.06. The number of nitrogens with two attached hydrogens (primary N) is 1. The number of carbonyl (C=O) groups is 2. The summed E-state index contributed by atoms with van der Waals surface area (Å²) in [7, 11) is 1.57. The fraction of sp³-hybridized carbons (Fsp3) is 0.800. The highest BCUT2D eigenvalue weighted by Gasteiger charge is 2.15. The van der Waals surface area contributed by atoms with Crippen molar-refractivity contribution in [2.45, 2.75) is 32.4 Å². The van der Waals surface area contributed by atoms with Crippen LogP contribution in [0.1, 0.15) is 20.3 Å². The Hall–Kier alpha value is -1.14. The van der Waals surface area contributed by atoms with E-state index in [0.717, 1.165) is 0 Å². The van der Waals surface area contributed by atoms with Crippen LogP contribution in [0.25, 0.3) is 0 Å². The Balaban J connectivity index is 3.81.